The highest BCUT2D eigenvalue weighted by Gasteiger charge is 2.06. The van der Waals surface area contributed by atoms with Gasteiger partial charge in [-0.1, -0.05) is 0 Å². The molecule has 2 N–H and O–H groups in total. The Hall–Kier alpha value is -2.74. The molecule has 0 fully saturated rings. The van der Waals surface area contributed by atoms with Crippen LogP contribution in [0.5, 0.6) is 6.01 Å². The van der Waals surface area contributed by atoms with Gasteiger partial charge in [0.15, 0.2) is 0 Å². The molecule has 0 saturated heterocycles. The Balaban J connectivity index is 2.03. The lowest BCUT2D eigenvalue weighted by Gasteiger charge is -2.07. The number of nitrogens with zero attached hydrogens (tertiary/aromatic N) is 3. The van der Waals surface area contributed by atoms with Crippen LogP contribution in [0.2, 0.25) is 0 Å². The molecule has 21 heavy (non-hydrogen) atoms. The van der Waals surface area contributed by atoms with Crippen LogP contribution in [0.4, 0.5) is 11.6 Å². The Morgan fingerprint density at radius 3 is 2.76 bits per heavy atom. The number of carbonyl (C=O) groups excluding carboxylic acids is 1. The molecule has 0 aliphatic heterocycles. The van der Waals surface area contributed by atoms with Gasteiger partial charge in [-0.25, -0.2) is 15.4 Å². The molecule has 0 saturated carbocycles. The van der Waals surface area contributed by atoms with Crippen molar-refractivity contribution in [3.05, 3.63) is 36.2 Å². The minimum atomic E-state index is -0.348. The molecule has 0 atom stereocenters. The second-order valence-corrected chi connectivity index (χ2v) is 3.85. The van der Waals surface area contributed by atoms with Gasteiger partial charge in [-0.3, -0.25) is 9.63 Å². The highest BCUT2D eigenvalue weighted by Crippen LogP contribution is 2.13. The van der Waals surface area contributed by atoms with Crippen LogP contribution in [0.15, 0.2) is 30.6 Å². The monoisotopic (exact) mass is 289 g/mol. The Morgan fingerprint density at radius 1 is 1.24 bits per heavy atom. The minimum Gasteiger partial charge on any atom is -0.467 e. The van der Waals surface area contributed by atoms with Crippen molar-refractivity contribution in [2.75, 3.05) is 19.0 Å². The quantitative estimate of drug-likeness (QED) is 0.773. The van der Waals surface area contributed by atoms with Gasteiger partial charge in [-0.05, 0) is 25.1 Å². The molecule has 0 bridgehead atoms. The van der Waals surface area contributed by atoms with Crippen molar-refractivity contribution in [2.45, 2.75) is 6.92 Å². The number of ether oxygens (including phenoxy) is 1. The normalized spacial score (nSPS) is 10.0. The Kier molecular flexibility index (Phi) is 4.99. The summed E-state index contributed by atoms with van der Waals surface area (Å²) in [6.45, 7) is 2.18. The SMILES string of the molecule is CCONC(=O)c1ccc(Nc2ccnc(OC)n2)nc1. The Bertz CT molecular complexity index is 603. The van der Waals surface area contributed by atoms with Crippen molar-refractivity contribution in [3.8, 4) is 6.01 Å². The number of methoxy groups -OCH3 is 1. The van der Waals surface area contributed by atoms with E-state index < -0.39 is 0 Å². The maximum absolute atomic E-state index is 11.6. The highest BCUT2D eigenvalue weighted by atomic mass is 16.6. The molecule has 0 aromatic carbocycles. The zero-order valence-electron chi connectivity index (χ0n) is 11.7. The number of anilines is 2. The van der Waals surface area contributed by atoms with Crippen molar-refractivity contribution in [1.29, 1.82) is 0 Å². The van der Waals surface area contributed by atoms with Gasteiger partial charge in [0.2, 0.25) is 0 Å². The zero-order valence-corrected chi connectivity index (χ0v) is 11.7. The molecule has 2 aromatic rings. The number of hydrogen-bond acceptors (Lipinski definition) is 7. The summed E-state index contributed by atoms with van der Waals surface area (Å²) in [7, 11) is 1.49. The van der Waals surface area contributed by atoms with E-state index in [-0.39, 0.29) is 11.9 Å². The number of hydroxylamine groups is 1. The largest absolute Gasteiger partial charge is 0.467 e. The lowest BCUT2D eigenvalue weighted by molar-refractivity contribution is 0.0364. The van der Waals surface area contributed by atoms with Crippen molar-refractivity contribution < 1.29 is 14.4 Å². The van der Waals surface area contributed by atoms with Gasteiger partial charge in [0, 0.05) is 12.4 Å². The maximum Gasteiger partial charge on any atom is 0.318 e. The zero-order chi connectivity index (χ0) is 15.1. The van der Waals surface area contributed by atoms with E-state index in [2.05, 4.69) is 25.7 Å². The first kappa shape index (κ1) is 14.7. The average Bonchev–Trinajstić information content (AvgIpc) is 2.53. The van der Waals surface area contributed by atoms with Crippen molar-refractivity contribution in [3.63, 3.8) is 0 Å². The second kappa shape index (κ2) is 7.15. The predicted octanol–water partition coefficient (Wildman–Crippen LogP) is 1.31. The van der Waals surface area contributed by atoms with Crippen molar-refractivity contribution in [2.24, 2.45) is 0 Å². The fourth-order valence-corrected chi connectivity index (χ4v) is 1.44. The van der Waals surface area contributed by atoms with Crippen LogP contribution in [-0.2, 0) is 4.84 Å². The summed E-state index contributed by atoms with van der Waals surface area (Å²) in [5.41, 5.74) is 2.69. The van der Waals surface area contributed by atoms with E-state index in [1.165, 1.54) is 13.3 Å². The number of aromatic nitrogens is 3. The van der Waals surface area contributed by atoms with Crippen molar-refractivity contribution in [1.82, 2.24) is 20.4 Å². The molecule has 2 heterocycles. The van der Waals surface area contributed by atoms with Crippen LogP contribution < -0.4 is 15.5 Å². The molecule has 0 spiro atoms. The molecule has 110 valence electrons. The minimum absolute atomic E-state index is 0.257. The molecule has 0 unspecified atom stereocenters. The van der Waals surface area contributed by atoms with E-state index in [1.807, 2.05) is 0 Å². The van der Waals surface area contributed by atoms with Gasteiger partial charge in [-0.2, -0.15) is 4.98 Å². The molecular weight excluding hydrogens is 274 g/mol. The number of rotatable bonds is 6. The summed E-state index contributed by atoms with van der Waals surface area (Å²) in [6, 6.07) is 5.23. The fraction of sp³-hybridized carbons (Fsp3) is 0.231. The van der Waals surface area contributed by atoms with Crippen LogP contribution in [0.1, 0.15) is 17.3 Å². The van der Waals surface area contributed by atoms with E-state index in [4.69, 9.17) is 9.57 Å². The number of amides is 1. The van der Waals surface area contributed by atoms with E-state index in [1.54, 1.807) is 31.3 Å². The lowest BCUT2D eigenvalue weighted by atomic mass is 10.3. The number of nitrogens with one attached hydrogen (secondary N) is 2. The van der Waals surface area contributed by atoms with Crippen LogP contribution in [0, 0.1) is 0 Å². The first-order valence-electron chi connectivity index (χ1n) is 6.25. The predicted molar refractivity (Wildman–Crippen MR) is 75.2 cm³/mol. The van der Waals surface area contributed by atoms with Gasteiger partial charge in [-0.15, -0.1) is 0 Å². The third-order valence-corrected chi connectivity index (χ3v) is 2.41. The number of carbonyl (C=O) groups is 1. The molecule has 1 amide bonds. The van der Waals surface area contributed by atoms with E-state index >= 15 is 0 Å². The van der Waals surface area contributed by atoms with Crippen LogP contribution in [0.3, 0.4) is 0 Å². The van der Waals surface area contributed by atoms with Crippen LogP contribution in [-0.4, -0.2) is 34.6 Å². The smallest absolute Gasteiger partial charge is 0.318 e. The fourth-order valence-electron chi connectivity index (χ4n) is 1.44. The molecule has 2 aromatic heterocycles. The summed E-state index contributed by atoms with van der Waals surface area (Å²) < 4.78 is 4.93. The van der Waals surface area contributed by atoms with Gasteiger partial charge >= 0.3 is 6.01 Å². The Labute approximate surface area is 121 Å². The average molecular weight is 289 g/mol. The standard InChI is InChI=1S/C13H15N5O3/c1-3-21-18-12(19)9-4-5-10(15-8-9)16-11-6-7-14-13(17-11)20-2/h4-8H,3H2,1-2H3,(H,18,19)(H,14,15,16,17). The molecule has 2 rings (SSSR count). The van der Waals surface area contributed by atoms with Crippen molar-refractivity contribution >= 4 is 17.5 Å². The summed E-state index contributed by atoms with van der Waals surface area (Å²) in [5, 5.41) is 2.98. The summed E-state index contributed by atoms with van der Waals surface area (Å²) in [6.07, 6.45) is 3.01. The maximum atomic E-state index is 11.6. The summed E-state index contributed by atoms with van der Waals surface area (Å²) in [4.78, 5) is 28.6. The van der Waals surface area contributed by atoms with Crippen LogP contribution >= 0.6 is 0 Å². The summed E-state index contributed by atoms with van der Waals surface area (Å²) in [5.74, 6) is 0.740. The molecule has 0 aliphatic rings. The molecule has 0 aliphatic carbocycles. The van der Waals surface area contributed by atoms with Gasteiger partial charge in [0.05, 0.1) is 19.3 Å². The lowest BCUT2D eigenvalue weighted by Crippen LogP contribution is -2.23. The number of hydrogen-bond donors (Lipinski definition) is 2. The first-order chi connectivity index (χ1) is 10.2. The van der Waals surface area contributed by atoms with E-state index in [0.29, 0.717) is 23.8 Å². The number of pyridine rings is 1. The first-order valence-corrected chi connectivity index (χ1v) is 6.25. The van der Waals surface area contributed by atoms with E-state index in [0.717, 1.165) is 0 Å². The highest BCUT2D eigenvalue weighted by molar-refractivity contribution is 5.93. The molecule has 0 radical (unpaired) electrons. The molecule has 8 heteroatoms. The van der Waals surface area contributed by atoms with Gasteiger partial charge in [0.1, 0.15) is 11.6 Å². The Morgan fingerprint density at radius 2 is 2.10 bits per heavy atom. The van der Waals surface area contributed by atoms with E-state index in [9.17, 15) is 4.79 Å². The molecule has 8 nitrogen and oxygen atoms in total. The third-order valence-electron chi connectivity index (χ3n) is 2.41. The topological polar surface area (TPSA) is 98.3 Å². The second-order valence-electron chi connectivity index (χ2n) is 3.85. The van der Waals surface area contributed by atoms with Gasteiger partial charge in [0.25, 0.3) is 5.91 Å². The third kappa shape index (κ3) is 4.11. The summed E-state index contributed by atoms with van der Waals surface area (Å²) >= 11 is 0. The van der Waals surface area contributed by atoms with Gasteiger partial charge < -0.3 is 10.1 Å². The van der Waals surface area contributed by atoms with Crippen LogP contribution in [0.25, 0.3) is 0 Å². The molecular formula is C13H15N5O3.